The van der Waals surface area contributed by atoms with Gasteiger partial charge in [-0.1, -0.05) is 26.8 Å². The Balaban J connectivity index is 0.00000134. The van der Waals surface area contributed by atoms with Crippen LogP contribution in [0.1, 0.15) is 38.1 Å². The first-order valence-corrected chi connectivity index (χ1v) is 9.60. The molecule has 3 N–H and O–H groups in total. The van der Waals surface area contributed by atoms with Gasteiger partial charge in [0.2, 0.25) is 11.6 Å². The quantitative estimate of drug-likeness (QED) is 0.341. The summed E-state index contributed by atoms with van der Waals surface area (Å²) in [6.07, 6.45) is 9.82. The lowest BCUT2D eigenvalue weighted by atomic mass is 10.1. The number of anilines is 3. The lowest BCUT2D eigenvalue weighted by Crippen LogP contribution is -2.21. The van der Waals surface area contributed by atoms with E-state index in [1.54, 1.807) is 39.4 Å². The highest BCUT2D eigenvalue weighted by atomic mass is 16.6. The molecule has 1 amide bonds. The average molecular weight is 432 g/mol. The Hall–Kier alpha value is -3.67. The van der Waals surface area contributed by atoms with Crippen molar-refractivity contribution in [3.05, 3.63) is 35.6 Å². The Bertz CT molecular complexity index is 854. The van der Waals surface area contributed by atoms with Gasteiger partial charge in [0.25, 0.3) is 5.91 Å². The zero-order chi connectivity index (χ0) is 24.0. The van der Waals surface area contributed by atoms with E-state index in [1.165, 1.54) is 4.90 Å². The molecular formula is C22H33N5O4. The van der Waals surface area contributed by atoms with E-state index in [0.717, 1.165) is 11.7 Å². The van der Waals surface area contributed by atoms with Crippen LogP contribution in [0.2, 0.25) is 0 Å². The third-order valence-electron chi connectivity index (χ3n) is 3.43. The van der Waals surface area contributed by atoms with E-state index in [4.69, 9.17) is 9.37 Å². The lowest BCUT2D eigenvalue weighted by Gasteiger charge is -2.14. The van der Waals surface area contributed by atoms with Crippen LogP contribution in [-0.4, -0.2) is 54.0 Å². The van der Waals surface area contributed by atoms with Crippen LogP contribution in [0.5, 0.6) is 5.75 Å². The Morgan fingerprint density at radius 1 is 1.26 bits per heavy atom. The predicted molar refractivity (Wildman–Crippen MR) is 123 cm³/mol. The highest BCUT2D eigenvalue weighted by molar-refractivity contribution is 5.98. The van der Waals surface area contributed by atoms with Crippen molar-refractivity contribution in [2.24, 2.45) is 5.92 Å². The second-order valence-electron chi connectivity index (χ2n) is 7.03. The molecule has 0 bridgehead atoms. The van der Waals surface area contributed by atoms with E-state index in [-0.39, 0.29) is 23.0 Å². The molecule has 0 aliphatic carbocycles. The minimum Gasteiger partial charge on any atom is -0.505 e. The number of hydrogen-bond donors (Lipinski definition) is 3. The second kappa shape index (κ2) is 14.3. The lowest BCUT2D eigenvalue weighted by molar-refractivity contribution is 0.0824. The first-order chi connectivity index (χ1) is 14.7. The maximum absolute atomic E-state index is 12.1. The maximum Gasteiger partial charge on any atom is 0.257 e. The number of aromatic nitrogens is 2. The topological polar surface area (TPSA) is 113 Å². The van der Waals surface area contributed by atoms with E-state index in [1.807, 2.05) is 13.0 Å². The fourth-order valence-corrected chi connectivity index (χ4v) is 2.03. The Morgan fingerprint density at radius 3 is 2.35 bits per heavy atom. The largest absolute Gasteiger partial charge is 0.505 e. The van der Waals surface area contributed by atoms with Gasteiger partial charge >= 0.3 is 0 Å². The van der Waals surface area contributed by atoms with Gasteiger partial charge in [0.1, 0.15) is 5.76 Å². The number of terminal acetylenes is 1. The number of amides is 1. The van der Waals surface area contributed by atoms with Gasteiger partial charge in [0.05, 0.1) is 24.9 Å². The van der Waals surface area contributed by atoms with Crippen LogP contribution >= 0.6 is 0 Å². The Labute approximate surface area is 184 Å². The first-order valence-electron chi connectivity index (χ1n) is 9.60. The number of methoxy groups -OCH3 is 1. The van der Waals surface area contributed by atoms with E-state index in [9.17, 15) is 9.90 Å². The van der Waals surface area contributed by atoms with Crippen molar-refractivity contribution in [1.29, 1.82) is 0 Å². The number of allylic oxidation sites excluding steroid dienone is 1. The molecule has 31 heavy (non-hydrogen) atoms. The van der Waals surface area contributed by atoms with Crippen LogP contribution in [0.15, 0.2) is 34.7 Å². The molecular weight excluding hydrogens is 398 g/mol. The Kier molecular flexibility index (Phi) is 12.6. The molecule has 0 saturated heterocycles. The van der Waals surface area contributed by atoms with Crippen LogP contribution in [0.25, 0.3) is 0 Å². The van der Waals surface area contributed by atoms with Gasteiger partial charge in [0, 0.05) is 14.1 Å². The number of carbonyl (C=O) groups is 1. The summed E-state index contributed by atoms with van der Waals surface area (Å²) in [7, 11) is 4.79. The van der Waals surface area contributed by atoms with Crippen molar-refractivity contribution in [3.63, 3.8) is 0 Å². The summed E-state index contributed by atoms with van der Waals surface area (Å²) in [6.45, 7) is 8.74. The fourth-order valence-electron chi connectivity index (χ4n) is 2.03. The zero-order valence-corrected chi connectivity index (χ0v) is 19.3. The van der Waals surface area contributed by atoms with Gasteiger partial charge in [0.15, 0.2) is 5.75 Å². The summed E-state index contributed by atoms with van der Waals surface area (Å²) in [5.74, 6) is 1.68. The third-order valence-corrected chi connectivity index (χ3v) is 3.43. The normalized spacial score (nSPS) is 10.2. The molecule has 2 aromatic rings. The van der Waals surface area contributed by atoms with Crippen molar-refractivity contribution < 1.29 is 19.3 Å². The standard InChI is InChI=1S/C16H21N5O4.C4H10.C2H2/c1-5-10(24-4)9-17-14-15(20-25-19-14)18-12-8-6-7-11(13(12)22)16(23)21(2)3;1-4(2)3;1-2/h5-8,22H,9H2,1-4H3,(H,17,19)(H,18,20);4H,1-3H3;1-2H/b10-5-;;. The number of carbonyl (C=O) groups excluding carboxylic acids is 1. The van der Waals surface area contributed by atoms with E-state index < -0.39 is 0 Å². The van der Waals surface area contributed by atoms with Crippen molar-refractivity contribution in [2.45, 2.75) is 27.7 Å². The van der Waals surface area contributed by atoms with E-state index in [0.29, 0.717) is 18.1 Å². The third kappa shape index (κ3) is 9.12. The van der Waals surface area contributed by atoms with Crippen LogP contribution in [0.3, 0.4) is 0 Å². The number of phenolic OH excluding ortho intramolecular Hbond substituents is 1. The summed E-state index contributed by atoms with van der Waals surface area (Å²) in [4.78, 5) is 13.5. The highest BCUT2D eigenvalue weighted by Crippen LogP contribution is 2.32. The van der Waals surface area contributed by atoms with Crippen molar-refractivity contribution in [2.75, 3.05) is 38.4 Å². The fraction of sp³-hybridized carbons (Fsp3) is 0.409. The van der Waals surface area contributed by atoms with Crippen LogP contribution in [-0.2, 0) is 4.74 Å². The zero-order valence-electron chi connectivity index (χ0n) is 19.3. The van der Waals surface area contributed by atoms with Gasteiger partial charge in [-0.2, -0.15) is 0 Å². The number of ether oxygens (including phenoxy) is 1. The number of benzene rings is 1. The average Bonchev–Trinajstić information content (AvgIpc) is 3.18. The summed E-state index contributed by atoms with van der Waals surface area (Å²) < 4.78 is 9.89. The van der Waals surface area contributed by atoms with Gasteiger partial charge in [-0.05, 0) is 41.4 Å². The van der Waals surface area contributed by atoms with Crippen LogP contribution in [0.4, 0.5) is 17.3 Å². The summed E-state index contributed by atoms with van der Waals surface area (Å²) >= 11 is 0. The number of rotatable bonds is 7. The molecule has 0 radical (unpaired) electrons. The number of nitrogens with one attached hydrogen (secondary N) is 2. The summed E-state index contributed by atoms with van der Waals surface area (Å²) in [5.41, 5.74) is 0.487. The number of hydrogen-bond acceptors (Lipinski definition) is 8. The number of phenols is 1. The molecule has 1 aromatic carbocycles. The van der Waals surface area contributed by atoms with Gasteiger partial charge in [-0.25, -0.2) is 4.63 Å². The van der Waals surface area contributed by atoms with Crippen molar-refractivity contribution >= 4 is 23.2 Å². The molecule has 1 aromatic heterocycles. The molecule has 0 saturated carbocycles. The van der Waals surface area contributed by atoms with Gasteiger partial charge in [-0.3, -0.25) is 4.79 Å². The van der Waals surface area contributed by atoms with Crippen molar-refractivity contribution in [1.82, 2.24) is 15.2 Å². The van der Waals surface area contributed by atoms with Crippen LogP contribution in [0, 0.1) is 18.8 Å². The molecule has 1 heterocycles. The SMILES string of the molecule is C#C.C/C=C(/CNc1nonc1Nc1cccc(C(=O)N(C)C)c1O)OC.CC(C)C. The van der Waals surface area contributed by atoms with Gasteiger partial charge in [-0.15, -0.1) is 12.8 Å². The van der Waals surface area contributed by atoms with Crippen LogP contribution < -0.4 is 10.6 Å². The van der Waals surface area contributed by atoms with Gasteiger partial charge < -0.3 is 25.4 Å². The molecule has 170 valence electrons. The van der Waals surface area contributed by atoms with Crippen molar-refractivity contribution in [3.8, 4) is 18.6 Å². The minimum atomic E-state index is -0.310. The molecule has 0 aliphatic heterocycles. The second-order valence-corrected chi connectivity index (χ2v) is 7.03. The number of aromatic hydroxyl groups is 1. The first kappa shape index (κ1) is 27.3. The molecule has 9 nitrogen and oxygen atoms in total. The molecule has 0 unspecified atom stereocenters. The minimum absolute atomic E-state index is 0.177. The summed E-state index contributed by atoms with van der Waals surface area (Å²) in [5, 5.41) is 23.8. The monoisotopic (exact) mass is 431 g/mol. The molecule has 0 fully saturated rings. The van der Waals surface area contributed by atoms with E-state index in [2.05, 4.69) is 54.6 Å². The smallest absolute Gasteiger partial charge is 0.257 e. The van der Waals surface area contributed by atoms with E-state index >= 15 is 0 Å². The number of para-hydroxylation sites is 1. The Morgan fingerprint density at radius 2 is 1.84 bits per heavy atom. The molecule has 0 spiro atoms. The number of nitrogens with zero attached hydrogens (tertiary/aromatic N) is 3. The highest BCUT2D eigenvalue weighted by Gasteiger charge is 2.18. The molecule has 9 heteroatoms. The molecule has 2 rings (SSSR count). The predicted octanol–water partition coefficient (Wildman–Crippen LogP) is 4.09. The molecule has 0 atom stereocenters. The maximum atomic E-state index is 12.1. The molecule has 0 aliphatic rings. The summed E-state index contributed by atoms with van der Waals surface area (Å²) in [6, 6.07) is 4.81.